The molecule has 0 aliphatic heterocycles. The van der Waals surface area contributed by atoms with Crippen molar-refractivity contribution in [2.45, 2.75) is 25.3 Å². The summed E-state index contributed by atoms with van der Waals surface area (Å²) in [6.07, 6.45) is 0. The van der Waals surface area contributed by atoms with Gasteiger partial charge in [-0.2, -0.15) is 9.29 Å². The van der Waals surface area contributed by atoms with Gasteiger partial charge in [-0.1, -0.05) is 11.2 Å². The van der Waals surface area contributed by atoms with E-state index in [0.717, 1.165) is 10.4 Å². The molecule has 0 unspecified atom stereocenters. The van der Waals surface area contributed by atoms with E-state index in [-0.39, 0.29) is 23.0 Å². The number of nitro groups is 1. The Balaban J connectivity index is 1.78. The Labute approximate surface area is 173 Å². The van der Waals surface area contributed by atoms with Gasteiger partial charge >= 0.3 is 0 Å². The molecule has 30 heavy (non-hydrogen) atoms. The number of rotatable bonds is 8. The third kappa shape index (κ3) is 4.47. The maximum atomic E-state index is 12.8. The van der Waals surface area contributed by atoms with Crippen molar-refractivity contribution in [3.05, 3.63) is 64.0 Å². The van der Waals surface area contributed by atoms with Gasteiger partial charge in [-0.3, -0.25) is 10.1 Å². The van der Waals surface area contributed by atoms with Crippen LogP contribution in [0, 0.1) is 17.0 Å². The van der Waals surface area contributed by atoms with Gasteiger partial charge in [0, 0.05) is 24.2 Å². The Bertz CT molecular complexity index is 1160. The lowest BCUT2D eigenvalue weighted by atomic mass is 10.2. The topological polar surface area (TPSA) is 129 Å². The van der Waals surface area contributed by atoms with E-state index in [4.69, 9.17) is 9.26 Å². The molecule has 0 spiro atoms. The molecule has 3 aromatic rings. The van der Waals surface area contributed by atoms with Crippen molar-refractivity contribution < 1.29 is 22.6 Å². The Morgan fingerprint density at radius 1 is 1.20 bits per heavy atom. The van der Waals surface area contributed by atoms with Crippen LogP contribution in [0.25, 0.3) is 11.4 Å². The average Bonchev–Trinajstić information content (AvgIpc) is 3.17. The van der Waals surface area contributed by atoms with Crippen molar-refractivity contribution in [1.82, 2.24) is 14.4 Å². The van der Waals surface area contributed by atoms with Gasteiger partial charge in [0.15, 0.2) is 0 Å². The van der Waals surface area contributed by atoms with E-state index in [1.54, 1.807) is 31.2 Å². The molecular weight excluding hydrogens is 412 g/mol. The quantitative estimate of drug-likeness (QED) is 0.392. The van der Waals surface area contributed by atoms with Gasteiger partial charge in [0.25, 0.3) is 5.69 Å². The minimum absolute atomic E-state index is 0.0894. The molecule has 0 saturated heterocycles. The molecule has 10 nitrogen and oxygen atoms in total. The fourth-order valence-corrected chi connectivity index (χ4v) is 3.85. The number of sulfonamides is 1. The maximum Gasteiger partial charge on any atom is 0.273 e. The van der Waals surface area contributed by atoms with E-state index in [1.165, 1.54) is 19.2 Å². The first-order valence-corrected chi connectivity index (χ1v) is 10.4. The molecule has 0 aliphatic carbocycles. The molecule has 2 aromatic carbocycles. The van der Waals surface area contributed by atoms with Gasteiger partial charge < -0.3 is 9.26 Å². The molecule has 0 N–H and O–H groups in total. The monoisotopic (exact) mass is 432 g/mol. The normalized spacial score (nSPS) is 11.6. The Kier molecular flexibility index (Phi) is 6.13. The van der Waals surface area contributed by atoms with Crippen molar-refractivity contribution in [2.75, 3.05) is 13.7 Å². The van der Waals surface area contributed by atoms with Crippen LogP contribution in [0.5, 0.6) is 5.75 Å². The zero-order chi connectivity index (χ0) is 21.9. The highest BCUT2D eigenvalue weighted by Gasteiger charge is 2.26. The van der Waals surface area contributed by atoms with E-state index in [1.807, 2.05) is 6.92 Å². The number of hydrogen-bond acceptors (Lipinski definition) is 8. The average molecular weight is 432 g/mol. The van der Waals surface area contributed by atoms with Crippen molar-refractivity contribution in [1.29, 1.82) is 0 Å². The van der Waals surface area contributed by atoms with Gasteiger partial charge in [0.05, 0.1) is 23.0 Å². The van der Waals surface area contributed by atoms with Gasteiger partial charge in [0.1, 0.15) is 5.75 Å². The summed E-state index contributed by atoms with van der Waals surface area (Å²) in [6, 6.07) is 10.9. The number of aromatic nitrogens is 2. The first-order chi connectivity index (χ1) is 14.2. The Morgan fingerprint density at radius 3 is 2.53 bits per heavy atom. The molecule has 1 aromatic heterocycles. The zero-order valence-electron chi connectivity index (χ0n) is 16.6. The van der Waals surface area contributed by atoms with E-state index in [9.17, 15) is 18.5 Å². The maximum absolute atomic E-state index is 12.8. The summed E-state index contributed by atoms with van der Waals surface area (Å²) in [6.45, 7) is 3.79. The number of aryl methyl sites for hydroxylation is 1. The first-order valence-electron chi connectivity index (χ1n) is 8.99. The zero-order valence-corrected chi connectivity index (χ0v) is 17.4. The third-order valence-corrected chi connectivity index (χ3v) is 6.13. The first kappa shape index (κ1) is 21.4. The van der Waals surface area contributed by atoms with E-state index in [2.05, 4.69) is 10.1 Å². The molecule has 0 saturated carbocycles. The molecule has 1 heterocycles. The largest absolute Gasteiger partial charge is 0.494 e. The lowest BCUT2D eigenvalue weighted by Gasteiger charge is -2.15. The lowest BCUT2D eigenvalue weighted by Crippen LogP contribution is -2.26. The van der Waals surface area contributed by atoms with Crippen molar-refractivity contribution in [3.8, 4) is 17.1 Å². The van der Waals surface area contributed by atoms with Crippen LogP contribution in [0.4, 0.5) is 5.69 Å². The number of benzene rings is 2. The SMILES string of the molecule is CCOc1ccc(-c2noc(CN(C)S(=O)(=O)c3ccc(C)c([N+](=O)[O-])c3)n2)cc1. The van der Waals surface area contributed by atoms with Crippen molar-refractivity contribution in [3.63, 3.8) is 0 Å². The summed E-state index contributed by atoms with van der Waals surface area (Å²) in [7, 11) is -2.66. The smallest absolute Gasteiger partial charge is 0.273 e. The molecule has 0 aliphatic rings. The molecule has 0 amide bonds. The number of nitrogens with zero attached hydrogens (tertiary/aromatic N) is 4. The van der Waals surface area contributed by atoms with E-state index < -0.39 is 14.9 Å². The second-order valence-corrected chi connectivity index (χ2v) is 8.48. The van der Waals surface area contributed by atoms with Gasteiger partial charge in [0.2, 0.25) is 21.7 Å². The van der Waals surface area contributed by atoms with Crippen LogP contribution < -0.4 is 4.74 Å². The summed E-state index contributed by atoms with van der Waals surface area (Å²) in [5.41, 5.74) is 0.798. The summed E-state index contributed by atoms with van der Waals surface area (Å²) < 4.78 is 37.2. The molecule has 3 rings (SSSR count). The molecule has 11 heteroatoms. The summed E-state index contributed by atoms with van der Waals surface area (Å²) in [4.78, 5) is 14.5. The van der Waals surface area contributed by atoms with Crippen LogP contribution in [0.1, 0.15) is 18.4 Å². The highest BCUT2D eigenvalue weighted by Crippen LogP contribution is 2.25. The number of nitro benzene ring substituents is 1. The van der Waals surface area contributed by atoms with Crippen molar-refractivity contribution in [2.24, 2.45) is 0 Å². The molecular formula is C19H20N4O6S. The van der Waals surface area contributed by atoms with Gasteiger partial charge in [-0.15, -0.1) is 0 Å². The van der Waals surface area contributed by atoms with E-state index in [0.29, 0.717) is 29.3 Å². The van der Waals surface area contributed by atoms with Gasteiger partial charge in [-0.05, 0) is 44.2 Å². The van der Waals surface area contributed by atoms with E-state index >= 15 is 0 Å². The molecule has 0 radical (unpaired) electrons. The lowest BCUT2D eigenvalue weighted by molar-refractivity contribution is -0.385. The minimum Gasteiger partial charge on any atom is -0.494 e. The highest BCUT2D eigenvalue weighted by molar-refractivity contribution is 7.89. The van der Waals surface area contributed by atoms with Crippen LogP contribution >= 0.6 is 0 Å². The molecule has 0 fully saturated rings. The van der Waals surface area contributed by atoms with Crippen LogP contribution in [-0.2, 0) is 16.6 Å². The van der Waals surface area contributed by atoms with Gasteiger partial charge in [-0.25, -0.2) is 8.42 Å². The molecule has 0 atom stereocenters. The van der Waals surface area contributed by atoms with Crippen molar-refractivity contribution >= 4 is 15.7 Å². The third-order valence-electron chi connectivity index (χ3n) is 4.34. The highest BCUT2D eigenvalue weighted by atomic mass is 32.2. The second-order valence-electron chi connectivity index (χ2n) is 6.44. The number of hydrogen-bond donors (Lipinski definition) is 0. The predicted molar refractivity (Wildman–Crippen MR) is 107 cm³/mol. The number of ether oxygens (including phenoxy) is 1. The van der Waals surface area contributed by atoms with Crippen LogP contribution in [-0.4, -0.2) is 41.4 Å². The standard InChI is InChI=1S/C19H20N4O6S/c1-4-28-15-8-6-14(7-9-15)19-20-18(29-21-19)12-22(3)30(26,27)16-10-5-13(2)17(11-16)23(24)25/h5-11H,4,12H2,1-3H3. The Morgan fingerprint density at radius 2 is 1.90 bits per heavy atom. The minimum atomic E-state index is -3.99. The second kappa shape index (κ2) is 8.59. The van der Waals surface area contributed by atoms with Crippen LogP contribution in [0.15, 0.2) is 51.9 Å². The summed E-state index contributed by atoms with van der Waals surface area (Å²) in [5, 5.41) is 15.0. The van der Waals surface area contributed by atoms with Crippen LogP contribution in [0.2, 0.25) is 0 Å². The fourth-order valence-electron chi connectivity index (χ4n) is 2.71. The predicted octanol–water partition coefficient (Wildman–Crippen LogP) is 3.17. The molecule has 158 valence electrons. The van der Waals surface area contributed by atoms with Crippen LogP contribution in [0.3, 0.4) is 0 Å². The molecule has 0 bridgehead atoms. The summed E-state index contributed by atoms with van der Waals surface area (Å²) in [5.74, 6) is 1.11. The fraction of sp³-hybridized carbons (Fsp3) is 0.263. The summed E-state index contributed by atoms with van der Waals surface area (Å²) >= 11 is 0. The Hall–Kier alpha value is -3.31.